The Morgan fingerprint density at radius 2 is 1.26 bits per heavy atom. The third-order valence-corrected chi connectivity index (χ3v) is 7.48. The standard InChI is InChI=1S/C30H19N3S/c1-3-9-27-25(7-1)33(26-8-2-4-10-28(26)34-27)22-14-11-20(12-15-22)23-17-19-32-30-24(23)16-13-21-6-5-18-31-29(21)30/h1-19H. The second-order valence-corrected chi connectivity index (χ2v) is 9.40. The van der Waals surface area contributed by atoms with Gasteiger partial charge in [0.1, 0.15) is 0 Å². The second-order valence-electron chi connectivity index (χ2n) is 8.32. The van der Waals surface area contributed by atoms with E-state index >= 15 is 0 Å². The summed E-state index contributed by atoms with van der Waals surface area (Å²) in [4.78, 5) is 14.1. The van der Waals surface area contributed by atoms with Gasteiger partial charge in [0.05, 0.1) is 22.4 Å². The third kappa shape index (κ3) is 3.00. The number of nitrogens with zero attached hydrogens (tertiary/aromatic N) is 3. The highest BCUT2D eigenvalue weighted by atomic mass is 32.2. The molecular weight excluding hydrogens is 434 g/mol. The Bertz CT molecular complexity index is 1650. The zero-order valence-electron chi connectivity index (χ0n) is 18.2. The van der Waals surface area contributed by atoms with Crippen molar-refractivity contribution in [2.75, 3.05) is 4.90 Å². The zero-order chi connectivity index (χ0) is 22.5. The van der Waals surface area contributed by atoms with Crippen LogP contribution in [0, 0.1) is 0 Å². The van der Waals surface area contributed by atoms with Crippen molar-refractivity contribution in [1.29, 1.82) is 0 Å². The monoisotopic (exact) mass is 453 g/mol. The molecule has 0 unspecified atom stereocenters. The number of anilines is 3. The van der Waals surface area contributed by atoms with Crippen molar-refractivity contribution in [3.63, 3.8) is 0 Å². The number of fused-ring (bicyclic) bond motifs is 5. The quantitative estimate of drug-likeness (QED) is 0.246. The van der Waals surface area contributed by atoms with E-state index in [1.807, 2.05) is 30.2 Å². The molecule has 3 heterocycles. The van der Waals surface area contributed by atoms with Crippen LogP contribution in [0.3, 0.4) is 0 Å². The summed E-state index contributed by atoms with van der Waals surface area (Å²) in [5.74, 6) is 0. The van der Waals surface area contributed by atoms with Crippen molar-refractivity contribution in [2.24, 2.45) is 0 Å². The Labute approximate surface area is 201 Å². The summed E-state index contributed by atoms with van der Waals surface area (Å²) < 4.78 is 0. The molecule has 6 aromatic rings. The average molecular weight is 454 g/mol. The van der Waals surface area contributed by atoms with Gasteiger partial charge in [0.2, 0.25) is 0 Å². The first-order valence-electron chi connectivity index (χ1n) is 11.3. The summed E-state index contributed by atoms with van der Waals surface area (Å²) in [7, 11) is 0. The average Bonchev–Trinajstić information content (AvgIpc) is 2.91. The number of benzene rings is 4. The summed E-state index contributed by atoms with van der Waals surface area (Å²) >= 11 is 1.83. The fourth-order valence-electron chi connectivity index (χ4n) is 4.78. The first-order valence-corrected chi connectivity index (χ1v) is 12.1. The smallest absolute Gasteiger partial charge is 0.0970 e. The minimum absolute atomic E-state index is 0.940. The van der Waals surface area contributed by atoms with E-state index in [1.54, 1.807) is 0 Å². The van der Waals surface area contributed by atoms with E-state index in [2.05, 4.69) is 112 Å². The van der Waals surface area contributed by atoms with Crippen LogP contribution in [-0.4, -0.2) is 9.97 Å². The van der Waals surface area contributed by atoms with E-state index in [0.29, 0.717) is 0 Å². The van der Waals surface area contributed by atoms with E-state index in [4.69, 9.17) is 0 Å². The van der Waals surface area contributed by atoms with Crippen LogP contribution < -0.4 is 4.90 Å². The molecule has 1 aliphatic rings. The molecule has 34 heavy (non-hydrogen) atoms. The largest absolute Gasteiger partial charge is 0.308 e. The molecule has 1 aliphatic heterocycles. The number of hydrogen-bond acceptors (Lipinski definition) is 4. The highest BCUT2D eigenvalue weighted by molar-refractivity contribution is 7.99. The van der Waals surface area contributed by atoms with Crippen molar-refractivity contribution in [3.05, 3.63) is 116 Å². The van der Waals surface area contributed by atoms with Gasteiger partial charge < -0.3 is 4.90 Å². The van der Waals surface area contributed by atoms with Crippen LogP contribution in [0.5, 0.6) is 0 Å². The molecule has 4 heteroatoms. The number of aromatic nitrogens is 2. The lowest BCUT2D eigenvalue weighted by atomic mass is 9.99. The summed E-state index contributed by atoms with van der Waals surface area (Å²) in [6, 6.07) is 36.5. The molecule has 0 saturated heterocycles. The zero-order valence-corrected chi connectivity index (χ0v) is 19.0. The normalized spacial score (nSPS) is 12.5. The maximum Gasteiger partial charge on any atom is 0.0970 e. The summed E-state index contributed by atoms with van der Waals surface area (Å²) in [5, 5.41) is 2.22. The minimum Gasteiger partial charge on any atom is -0.308 e. The minimum atomic E-state index is 0.940. The van der Waals surface area contributed by atoms with Crippen molar-refractivity contribution in [2.45, 2.75) is 9.79 Å². The number of para-hydroxylation sites is 2. The second kappa shape index (κ2) is 7.72. The number of hydrogen-bond donors (Lipinski definition) is 0. The topological polar surface area (TPSA) is 29.0 Å². The van der Waals surface area contributed by atoms with Crippen molar-refractivity contribution in [1.82, 2.24) is 9.97 Å². The van der Waals surface area contributed by atoms with Crippen molar-refractivity contribution < 1.29 is 0 Å². The van der Waals surface area contributed by atoms with Crippen LogP contribution in [-0.2, 0) is 0 Å². The lowest BCUT2D eigenvalue weighted by molar-refractivity contribution is 1.17. The van der Waals surface area contributed by atoms with Gasteiger partial charge in [-0.15, -0.1) is 0 Å². The SMILES string of the molecule is c1ccc2c(c1)Sc1ccccc1N2c1ccc(-c2ccnc3c2ccc2cccnc23)cc1. The molecule has 0 aliphatic carbocycles. The van der Waals surface area contributed by atoms with Crippen LogP contribution in [0.15, 0.2) is 125 Å². The predicted molar refractivity (Wildman–Crippen MR) is 141 cm³/mol. The first kappa shape index (κ1) is 19.3. The van der Waals surface area contributed by atoms with Gasteiger partial charge in [-0.1, -0.05) is 66.4 Å². The first-order chi connectivity index (χ1) is 16.9. The van der Waals surface area contributed by atoms with Crippen molar-refractivity contribution >= 4 is 50.6 Å². The van der Waals surface area contributed by atoms with Crippen LogP contribution in [0.4, 0.5) is 17.1 Å². The van der Waals surface area contributed by atoms with E-state index in [9.17, 15) is 0 Å². The Kier molecular flexibility index (Phi) is 4.39. The van der Waals surface area contributed by atoms with E-state index in [-0.39, 0.29) is 0 Å². The fourth-order valence-corrected chi connectivity index (χ4v) is 5.84. The van der Waals surface area contributed by atoms with Gasteiger partial charge >= 0.3 is 0 Å². The molecule has 4 aromatic carbocycles. The van der Waals surface area contributed by atoms with Gasteiger partial charge in [-0.3, -0.25) is 9.97 Å². The summed E-state index contributed by atoms with van der Waals surface area (Å²) in [5.41, 5.74) is 7.79. The molecule has 0 amide bonds. The van der Waals surface area contributed by atoms with Gasteiger partial charge in [0, 0.05) is 38.6 Å². The molecule has 0 bridgehead atoms. The molecule has 2 aromatic heterocycles. The highest BCUT2D eigenvalue weighted by Gasteiger charge is 2.24. The Morgan fingerprint density at radius 3 is 2.03 bits per heavy atom. The molecule has 7 rings (SSSR count). The molecule has 0 N–H and O–H groups in total. The number of rotatable bonds is 2. The molecule has 0 atom stereocenters. The Morgan fingerprint density at radius 1 is 0.559 bits per heavy atom. The summed E-state index contributed by atoms with van der Waals surface area (Å²) in [6.45, 7) is 0. The van der Waals surface area contributed by atoms with Crippen LogP contribution >= 0.6 is 11.8 Å². The Hall–Kier alpha value is -4.15. The van der Waals surface area contributed by atoms with Gasteiger partial charge in [0.15, 0.2) is 0 Å². The molecule has 0 fully saturated rings. The maximum absolute atomic E-state index is 4.66. The van der Waals surface area contributed by atoms with Crippen LogP contribution in [0.1, 0.15) is 0 Å². The predicted octanol–water partition coefficient (Wildman–Crippen LogP) is 8.38. The van der Waals surface area contributed by atoms with Crippen LogP contribution in [0.2, 0.25) is 0 Å². The van der Waals surface area contributed by atoms with Crippen molar-refractivity contribution in [3.8, 4) is 11.1 Å². The molecule has 3 nitrogen and oxygen atoms in total. The lowest BCUT2D eigenvalue weighted by Crippen LogP contribution is -2.14. The molecule has 160 valence electrons. The van der Waals surface area contributed by atoms with Gasteiger partial charge in [-0.25, -0.2) is 0 Å². The third-order valence-electron chi connectivity index (χ3n) is 6.35. The molecular formula is C30H19N3S. The van der Waals surface area contributed by atoms with Gasteiger partial charge in [0.25, 0.3) is 0 Å². The molecule has 0 saturated carbocycles. The summed E-state index contributed by atoms with van der Waals surface area (Å²) in [6.07, 6.45) is 3.71. The highest BCUT2D eigenvalue weighted by Crippen LogP contribution is 2.51. The lowest BCUT2D eigenvalue weighted by Gasteiger charge is -2.32. The fraction of sp³-hybridized carbons (Fsp3) is 0. The number of pyridine rings is 2. The van der Waals surface area contributed by atoms with E-state index < -0.39 is 0 Å². The molecule has 0 spiro atoms. The van der Waals surface area contributed by atoms with E-state index in [1.165, 1.54) is 32.3 Å². The van der Waals surface area contributed by atoms with Gasteiger partial charge in [-0.2, -0.15) is 0 Å². The Balaban J connectivity index is 1.36. The molecule has 0 radical (unpaired) electrons. The maximum atomic E-state index is 4.66. The van der Waals surface area contributed by atoms with Crippen LogP contribution in [0.25, 0.3) is 32.9 Å². The van der Waals surface area contributed by atoms with E-state index in [0.717, 1.165) is 27.5 Å². The van der Waals surface area contributed by atoms with Gasteiger partial charge in [-0.05, 0) is 59.7 Å².